The summed E-state index contributed by atoms with van der Waals surface area (Å²) in [6.07, 6.45) is 2.22. The maximum Gasteiger partial charge on any atom is 0.338 e. The van der Waals surface area contributed by atoms with Crippen LogP contribution in [0.2, 0.25) is 0 Å². The molecule has 0 spiro atoms. The van der Waals surface area contributed by atoms with E-state index in [-0.39, 0.29) is 17.9 Å². The average molecular weight is 453 g/mol. The molecule has 0 aromatic heterocycles. The molecule has 0 saturated heterocycles. The van der Waals surface area contributed by atoms with Crippen LogP contribution in [0.3, 0.4) is 0 Å². The van der Waals surface area contributed by atoms with Gasteiger partial charge in [0.25, 0.3) is 0 Å². The van der Waals surface area contributed by atoms with Crippen LogP contribution in [-0.2, 0) is 9.47 Å². The van der Waals surface area contributed by atoms with E-state index in [1.54, 1.807) is 24.3 Å². The van der Waals surface area contributed by atoms with Gasteiger partial charge in [-0.05, 0) is 72.8 Å². The molecule has 172 valence electrons. The lowest BCUT2D eigenvalue weighted by Crippen LogP contribution is -2.37. The fourth-order valence-electron chi connectivity index (χ4n) is 7.03. The van der Waals surface area contributed by atoms with Crippen LogP contribution in [0.25, 0.3) is 0 Å². The van der Waals surface area contributed by atoms with Gasteiger partial charge in [0.05, 0.1) is 11.1 Å². The van der Waals surface area contributed by atoms with E-state index in [4.69, 9.17) is 9.47 Å². The van der Waals surface area contributed by atoms with Gasteiger partial charge >= 0.3 is 11.9 Å². The smallest absolute Gasteiger partial charge is 0.338 e. The molecular formula is C30H28O4. The van der Waals surface area contributed by atoms with Gasteiger partial charge in [-0.1, -0.05) is 66.7 Å². The summed E-state index contributed by atoms with van der Waals surface area (Å²) >= 11 is 0. The van der Waals surface area contributed by atoms with Crippen LogP contribution in [0.5, 0.6) is 0 Å². The molecule has 3 saturated carbocycles. The molecule has 0 amide bonds. The standard InChI is InChI=1S/C30H28O4/c31-29(20-12-6-2-7-13-20)33-25-18-24-22-16-17-23(26(22)19-10-4-1-5-11-19)27(24)28(25)34-30(32)21-14-8-3-9-15-21/h1-15,22-28H,16-18H2. The molecule has 4 heteroatoms. The Bertz CT molecular complexity index is 1160. The van der Waals surface area contributed by atoms with E-state index < -0.39 is 12.2 Å². The van der Waals surface area contributed by atoms with Gasteiger partial charge in [-0.3, -0.25) is 0 Å². The molecule has 0 aliphatic heterocycles. The third-order valence-corrected chi connectivity index (χ3v) is 8.25. The molecule has 3 fully saturated rings. The Balaban J connectivity index is 1.29. The minimum atomic E-state index is -0.424. The van der Waals surface area contributed by atoms with Gasteiger partial charge in [-0.25, -0.2) is 9.59 Å². The molecule has 0 N–H and O–H groups in total. The molecule has 3 aliphatic rings. The molecular weight excluding hydrogens is 424 g/mol. The van der Waals surface area contributed by atoms with Gasteiger partial charge < -0.3 is 9.47 Å². The summed E-state index contributed by atoms with van der Waals surface area (Å²) in [6.45, 7) is 0. The van der Waals surface area contributed by atoms with E-state index in [0.717, 1.165) is 12.8 Å². The number of fused-ring (bicyclic) bond motifs is 5. The van der Waals surface area contributed by atoms with Crippen molar-refractivity contribution in [3.63, 3.8) is 0 Å². The molecule has 2 bridgehead atoms. The van der Waals surface area contributed by atoms with E-state index in [1.165, 1.54) is 12.0 Å². The van der Waals surface area contributed by atoms with Crippen LogP contribution in [0, 0.1) is 23.7 Å². The highest BCUT2D eigenvalue weighted by Crippen LogP contribution is 2.65. The van der Waals surface area contributed by atoms with Crippen molar-refractivity contribution in [1.29, 1.82) is 0 Å². The summed E-state index contributed by atoms with van der Waals surface area (Å²) in [5, 5.41) is 0. The van der Waals surface area contributed by atoms with Crippen LogP contribution < -0.4 is 0 Å². The summed E-state index contributed by atoms with van der Waals surface area (Å²) in [5.41, 5.74) is 2.44. The van der Waals surface area contributed by atoms with Crippen molar-refractivity contribution in [2.75, 3.05) is 0 Å². The molecule has 0 radical (unpaired) electrons. The summed E-state index contributed by atoms with van der Waals surface area (Å²) in [7, 11) is 0. The highest BCUT2D eigenvalue weighted by atomic mass is 16.6. The summed E-state index contributed by atoms with van der Waals surface area (Å²) < 4.78 is 12.2. The maximum atomic E-state index is 13.1. The number of hydrogen-bond donors (Lipinski definition) is 0. The molecule has 7 unspecified atom stereocenters. The number of carbonyl (C=O) groups excluding carboxylic acids is 2. The van der Waals surface area contributed by atoms with Crippen molar-refractivity contribution in [1.82, 2.24) is 0 Å². The minimum Gasteiger partial charge on any atom is -0.455 e. The maximum absolute atomic E-state index is 13.1. The largest absolute Gasteiger partial charge is 0.455 e. The second kappa shape index (κ2) is 8.75. The average Bonchev–Trinajstić information content (AvgIpc) is 3.56. The normalized spacial score (nSPS) is 31.1. The van der Waals surface area contributed by atoms with Crippen molar-refractivity contribution in [3.8, 4) is 0 Å². The Morgan fingerprint density at radius 3 is 1.76 bits per heavy atom. The SMILES string of the molecule is O=C(OC1CC2C3CCC(C3c3ccccc3)C2C1OC(=O)c1ccccc1)c1ccccc1. The zero-order valence-electron chi connectivity index (χ0n) is 19.0. The Morgan fingerprint density at radius 1 is 0.618 bits per heavy atom. The van der Waals surface area contributed by atoms with Gasteiger partial charge in [0.15, 0.2) is 0 Å². The fraction of sp³-hybridized carbons (Fsp3) is 0.333. The lowest BCUT2D eigenvalue weighted by Gasteiger charge is -2.30. The summed E-state index contributed by atoms with van der Waals surface area (Å²) in [5.74, 6) is 1.38. The van der Waals surface area contributed by atoms with E-state index in [0.29, 0.717) is 34.8 Å². The van der Waals surface area contributed by atoms with Gasteiger partial charge in [-0.15, -0.1) is 0 Å². The van der Waals surface area contributed by atoms with Crippen LogP contribution in [0.4, 0.5) is 0 Å². The van der Waals surface area contributed by atoms with E-state index >= 15 is 0 Å². The summed E-state index contributed by atoms with van der Waals surface area (Å²) in [4.78, 5) is 26.0. The number of hydrogen-bond acceptors (Lipinski definition) is 4. The van der Waals surface area contributed by atoms with E-state index in [1.807, 2.05) is 36.4 Å². The highest BCUT2D eigenvalue weighted by Gasteiger charge is 2.63. The van der Waals surface area contributed by atoms with Gasteiger partial charge in [-0.2, -0.15) is 0 Å². The van der Waals surface area contributed by atoms with Crippen LogP contribution in [0.1, 0.15) is 51.5 Å². The predicted octanol–water partition coefficient (Wildman–Crippen LogP) is 5.90. The molecule has 0 heterocycles. The number of rotatable bonds is 5. The Morgan fingerprint density at radius 2 is 1.15 bits per heavy atom. The van der Waals surface area contributed by atoms with Gasteiger partial charge in [0.2, 0.25) is 0 Å². The quantitative estimate of drug-likeness (QED) is 0.453. The first-order chi connectivity index (χ1) is 16.7. The molecule has 4 nitrogen and oxygen atoms in total. The zero-order valence-corrected chi connectivity index (χ0v) is 19.0. The molecule has 3 aliphatic carbocycles. The molecule has 3 aromatic carbocycles. The molecule has 3 aromatic rings. The predicted molar refractivity (Wildman–Crippen MR) is 128 cm³/mol. The number of carbonyl (C=O) groups is 2. The lowest BCUT2D eigenvalue weighted by atomic mass is 9.81. The third kappa shape index (κ3) is 3.62. The van der Waals surface area contributed by atoms with Crippen molar-refractivity contribution >= 4 is 11.9 Å². The monoisotopic (exact) mass is 452 g/mol. The van der Waals surface area contributed by atoms with Crippen LogP contribution >= 0.6 is 0 Å². The van der Waals surface area contributed by atoms with Crippen LogP contribution in [-0.4, -0.2) is 24.1 Å². The van der Waals surface area contributed by atoms with Gasteiger partial charge in [0, 0.05) is 5.92 Å². The molecule has 34 heavy (non-hydrogen) atoms. The Hall–Kier alpha value is -3.40. The second-order valence-electron chi connectivity index (χ2n) is 9.86. The van der Waals surface area contributed by atoms with Crippen molar-refractivity contribution in [3.05, 3.63) is 108 Å². The number of esters is 2. The third-order valence-electron chi connectivity index (χ3n) is 8.25. The molecule has 6 rings (SSSR count). The van der Waals surface area contributed by atoms with E-state index in [2.05, 4.69) is 30.3 Å². The van der Waals surface area contributed by atoms with Gasteiger partial charge in [0.1, 0.15) is 12.2 Å². The fourth-order valence-corrected chi connectivity index (χ4v) is 7.03. The second-order valence-corrected chi connectivity index (χ2v) is 9.86. The minimum absolute atomic E-state index is 0.213. The van der Waals surface area contributed by atoms with Crippen LogP contribution in [0.15, 0.2) is 91.0 Å². The number of benzene rings is 3. The van der Waals surface area contributed by atoms with Crippen molar-refractivity contribution in [2.45, 2.75) is 37.4 Å². The lowest BCUT2D eigenvalue weighted by molar-refractivity contribution is -0.0422. The first-order valence-corrected chi connectivity index (χ1v) is 12.3. The van der Waals surface area contributed by atoms with E-state index in [9.17, 15) is 9.59 Å². The highest BCUT2D eigenvalue weighted by molar-refractivity contribution is 5.90. The summed E-state index contributed by atoms with van der Waals surface area (Å²) in [6, 6.07) is 28.9. The first-order valence-electron chi connectivity index (χ1n) is 12.3. The molecule has 7 atom stereocenters. The Kier molecular flexibility index (Phi) is 5.44. The first kappa shape index (κ1) is 21.2. The topological polar surface area (TPSA) is 52.6 Å². The van der Waals surface area contributed by atoms with Crippen molar-refractivity contribution in [2.24, 2.45) is 23.7 Å². The number of ether oxygens (including phenoxy) is 2. The van der Waals surface area contributed by atoms with Crippen molar-refractivity contribution < 1.29 is 19.1 Å². The Labute approximate surface area is 199 Å². The zero-order chi connectivity index (χ0) is 23.1.